The number of rotatable bonds is 8. The van der Waals surface area contributed by atoms with Gasteiger partial charge in [0.1, 0.15) is 0 Å². The Kier molecular flexibility index (Phi) is 8.77. The molecule has 0 aromatic heterocycles. The van der Waals surface area contributed by atoms with Crippen LogP contribution in [0.15, 0.2) is 53.4 Å². The minimum absolute atomic E-state index is 0. The molecule has 2 aromatic carbocycles. The van der Waals surface area contributed by atoms with Gasteiger partial charge in [-0.2, -0.15) is 4.31 Å². The minimum Gasteiger partial charge on any atom is -0.306 e. The number of nitrogens with zero attached hydrogens (tertiary/aromatic N) is 1. The second-order valence-corrected chi connectivity index (χ2v) is 8.19. The molecule has 0 aliphatic heterocycles. The summed E-state index contributed by atoms with van der Waals surface area (Å²) in [7, 11) is -3.39. The second kappa shape index (κ2) is 10.1. The van der Waals surface area contributed by atoms with Crippen molar-refractivity contribution in [1.82, 2.24) is 9.62 Å². The average molecular weight is 397 g/mol. The topological polar surface area (TPSA) is 49.4 Å². The molecule has 0 heterocycles. The first kappa shape index (κ1) is 22.6. The Morgan fingerprint density at radius 3 is 2.19 bits per heavy atom. The van der Waals surface area contributed by atoms with Crippen molar-refractivity contribution in [3.63, 3.8) is 0 Å². The molecule has 0 bridgehead atoms. The molecule has 4 nitrogen and oxygen atoms in total. The molecule has 0 fully saturated rings. The molecule has 0 amide bonds. The first-order chi connectivity index (χ1) is 11.9. The van der Waals surface area contributed by atoms with E-state index in [1.54, 1.807) is 12.1 Å². The molecule has 144 valence electrons. The zero-order valence-electron chi connectivity index (χ0n) is 15.9. The Morgan fingerprint density at radius 1 is 1.04 bits per heavy atom. The van der Waals surface area contributed by atoms with Gasteiger partial charge in [0.2, 0.25) is 10.0 Å². The number of nitrogens with one attached hydrogen (secondary N) is 1. The van der Waals surface area contributed by atoms with Crippen molar-refractivity contribution in [2.24, 2.45) is 0 Å². The van der Waals surface area contributed by atoms with Gasteiger partial charge in [-0.15, -0.1) is 12.4 Å². The van der Waals surface area contributed by atoms with E-state index >= 15 is 0 Å². The average Bonchev–Trinajstić information content (AvgIpc) is 2.60. The van der Waals surface area contributed by atoms with Crippen LogP contribution in [0.25, 0.3) is 0 Å². The lowest BCUT2D eigenvalue weighted by Gasteiger charge is -2.19. The molecule has 1 N–H and O–H groups in total. The second-order valence-electron chi connectivity index (χ2n) is 6.25. The van der Waals surface area contributed by atoms with Gasteiger partial charge in [-0.05, 0) is 37.1 Å². The predicted molar refractivity (Wildman–Crippen MR) is 110 cm³/mol. The predicted octanol–water partition coefficient (Wildman–Crippen LogP) is 4.30. The molecule has 1 unspecified atom stereocenters. The Hall–Kier alpha value is -1.40. The first-order valence-corrected chi connectivity index (χ1v) is 10.2. The zero-order valence-corrected chi connectivity index (χ0v) is 17.5. The quantitative estimate of drug-likeness (QED) is 0.723. The third-order valence-electron chi connectivity index (χ3n) is 4.42. The van der Waals surface area contributed by atoms with Gasteiger partial charge in [-0.1, -0.05) is 55.8 Å². The van der Waals surface area contributed by atoms with Gasteiger partial charge >= 0.3 is 0 Å². The van der Waals surface area contributed by atoms with E-state index < -0.39 is 10.0 Å². The molecule has 1 atom stereocenters. The van der Waals surface area contributed by atoms with E-state index in [0.717, 1.165) is 12.1 Å². The summed E-state index contributed by atoms with van der Waals surface area (Å²) < 4.78 is 26.5. The number of hydrogen-bond donors (Lipinski definition) is 1. The van der Waals surface area contributed by atoms with Crippen LogP contribution in [0.1, 0.15) is 43.5 Å². The Morgan fingerprint density at radius 2 is 1.65 bits per heavy atom. The summed E-state index contributed by atoms with van der Waals surface area (Å²) in [5.74, 6) is 0. The fourth-order valence-electron chi connectivity index (χ4n) is 2.85. The Labute approximate surface area is 164 Å². The Balaban J connectivity index is 0.00000338. The summed E-state index contributed by atoms with van der Waals surface area (Å²) in [6, 6.07) is 15.7. The van der Waals surface area contributed by atoms with E-state index in [1.165, 1.54) is 15.4 Å². The highest BCUT2D eigenvalue weighted by Crippen LogP contribution is 2.19. The Bertz CT molecular complexity index is 788. The standard InChI is InChI=1S/C20H28N2O2S.ClH/c1-5-22(6-2)25(23,24)20-12-10-19(11-13-20)17(4)21-15-18-9-7-8-16(3)14-18;/h7-14,17,21H,5-6,15H2,1-4H3;1H. The van der Waals surface area contributed by atoms with Crippen LogP contribution in [0.3, 0.4) is 0 Å². The lowest BCUT2D eigenvalue weighted by atomic mass is 10.1. The molecule has 2 aromatic rings. The normalized spacial score (nSPS) is 12.7. The summed E-state index contributed by atoms with van der Waals surface area (Å²) in [6.07, 6.45) is 0. The summed E-state index contributed by atoms with van der Waals surface area (Å²) in [4.78, 5) is 0.353. The van der Waals surface area contributed by atoms with E-state index in [1.807, 2.05) is 26.0 Å². The molecular weight excluding hydrogens is 368 g/mol. The van der Waals surface area contributed by atoms with Gasteiger partial charge in [-0.25, -0.2) is 8.42 Å². The maximum atomic E-state index is 12.5. The smallest absolute Gasteiger partial charge is 0.243 e. The van der Waals surface area contributed by atoms with Crippen molar-refractivity contribution in [2.45, 2.75) is 45.2 Å². The number of aryl methyl sites for hydroxylation is 1. The molecule has 0 saturated carbocycles. The molecule has 0 aliphatic carbocycles. The molecule has 0 saturated heterocycles. The molecule has 0 aliphatic rings. The van der Waals surface area contributed by atoms with Crippen LogP contribution >= 0.6 is 12.4 Å². The monoisotopic (exact) mass is 396 g/mol. The van der Waals surface area contributed by atoms with Crippen molar-refractivity contribution in [1.29, 1.82) is 0 Å². The zero-order chi connectivity index (χ0) is 18.4. The van der Waals surface area contributed by atoms with Crippen LogP contribution in [-0.2, 0) is 16.6 Å². The number of hydrogen-bond acceptors (Lipinski definition) is 3. The molecule has 26 heavy (non-hydrogen) atoms. The van der Waals surface area contributed by atoms with E-state index in [4.69, 9.17) is 0 Å². The van der Waals surface area contributed by atoms with Crippen molar-refractivity contribution >= 4 is 22.4 Å². The summed E-state index contributed by atoms with van der Waals surface area (Å²) in [5.41, 5.74) is 3.57. The lowest BCUT2D eigenvalue weighted by Crippen LogP contribution is -2.30. The van der Waals surface area contributed by atoms with E-state index in [-0.39, 0.29) is 18.4 Å². The lowest BCUT2D eigenvalue weighted by molar-refractivity contribution is 0.445. The number of benzene rings is 2. The van der Waals surface area contributed by atoms with Crippen molar-refractivity contribution in [3.8, 4) is 0 Å². The fraction of sp³-hybridized carbons (Fsp3) is 0.400. The van der Waals surface area contributed by atoms with Crippen LogP contribution in [0.4, 0.5) is 0 Å². The minimum atomic E-state index is -3.39. The van der Waals surface area contributed by atoms with Crippen LogP contribution in [-0.4, -0.2) is 25.8 Å². The van der Waals surface area contributed by atoms with Gasteiger partial charge in [0.15, 0.2) is 0 Å². The van der Waals surface area contributed by atoms with Crippen LogP contribution < -0.4 is 5.32 Å². The first-order valence-electron chi connectivity index (χ1n) is 8.77. The molecule has 2 rings (SSSR count). The third-order valence-corrected chi connectivity index (χ3v) is 6.48. The number of sulfonamides is 1. The number of halogens is 1. The van der Waals surface area contributed by atoms with Crippen molar-refractivity contribution in [3.05, 3.63) is 65.2 Å². The van der Waals surface area contributed by atoms with Gasteiger partial charge in [0.25, 0.3) is 0 Å². The third kappa shape index (κ3) is 5.55. The summed E-state index contributed by atoms with van der Waals surface area (Å²) in [5, 5.41) is 3.49. The fourth-order valence-corrected chi connectivity index (χ4v) is 4.31. The summed E-state index contributed by atoms with van der Waals surface area (Å²) in [6.45, 7) is 9.62. The highest BCUT2D eigenvalue weighted by Gasteiger charge is 2.21. The van der Waals surface area contributed by atoms with Gasteiger partial charge in [0, 0.05) is 25.7 Å². The van der Waals surface area contributed by atoms with Crippen LogP contribution in [0.5, 0.6) is 0 Å². The van der Waals surface area contributed by atoms with Gasteiger partial charge in [-0.3, -0.25) is 0 Å². The maximum Gasteiger partial charge on any atom is 0.243 e. The van der Waals surface area contributed by atoms with Crippen molar-refractivity contribution in [2.75, 3.05) is 13.1 Å². The highest BCUT2D eigenvalue weighted by atomic mass is 35.5. The highest BCUT2D eigenvalue weighted by molar-refractivity contribution is 7.89. The van der Waals surface area contributed by atoms with E-state index in [0.29, 0.717) is 18.0 Å². The molecule has 0 spiro atoms. The van der Waals surface area contributed by atoms with Crippen LogP contribution in [0.2, 0.25) is 0 Å². The molecular formula is C20H29ClN2O2S. The summed E-state index contributed by atoms with van der Waals surface area (Å²) >= 11 is 0. The largest absolute Gasteiger partial charge is 0.306 e. The maximum absolute atomic E-state index is 12.5. The molecule has 6 heteroatoms. The van der Waals surface area contributed by atoms with Gasteiger partial charge < -0.3 is 5.32 Å². The van der Waals surface area contributed by atoms with Crippen molar-refractivity contribution < 1.29 is 8.42 Å². The SMILES string of the molecule is CCN(CC)S(=O)(=O)c1ccc(C(C)NCc2cccc(C)c2)cc1.Cl. The van der Waals surface area contributed by atoms with E-state index in [2.05, 4.69) is 43.4 Å². The van der Waals surface area contributed by atoms with Crippen LogP contribution in [0, 0.1) is 6.92 Å². The van der Waals surface area contributed by atoms with Gasteiger partial charge in [0.05, 0.1) is 4.90 Å². The molecule has 0 radical (unpaired) electrons. The van der Waals surface area contributed by atoms with E-state index in [9.17, 15) is 8.42 Å².